The van der Waals surface area contributed by atoms with Gasteiger partial charge in [0, 0.05) is 18.2 Å². The summed E-state index contributed by atoms with van der Waals surface area (Å²) >= 11 is 0. The van der Waals surface area contributed by atoms with Gasteiger partial charge in [0.25, 0.3) is 5.91 Å². The third-order valence-corrected chi connectivity index (χ3v) is 5.51. The van der Waals surface area contributed by atoms with E-state index in [-0.39, 0.29) is 11.9 Å². The fourth-order valence-corrected chi connectivity index (χ4v) is 3.92. The Labute approximate surface area is 175 Å². The summed E-state index contributed by atoms with van der Waals surface area (Å²) in [6.07, 6.45) is 1.90. The van der Waals surface area contributed by atoms with Crippen molar-refractivity contribution in [1.82, 2.24) is 15.1 Å². The van der Waals surface area contributed by atoms with Gasteiger partial charge < -0.3 is 19.1 Å². The molecule has 0 aliphatic carbocycles. The zero-order valence-electron chi connectivity index (χ0n) is 17.3. The molecule has 1 fully saturated rings. The molecule has 1 N–H and O–H groups in total. The summed E-state index contributed by atoms with van der Waals surface area (Å²) in [5, 5.41) is 7.26. The van der Waals surface area contributed by atoms with E-state index in [4.69, 9.17) is 14.2 Å². The molecule has 7 nitrogen and oxygen atoms in total. The van der Waals surface area contributed by atoms with Crippen molar-refractivity contribution in [2.45, 2.75) is 18.9 Å². The van der Waals surface area contributed by atoms with Gasteiger partial charge in [0.15, 0.2) is 0 Å². The van der Waals surface area contributed by atoms with Gasteiger partial charge in [0.1, 0.15) is 22.9 Å². The molecule has 1 amide bonds. The minimum atomic E-state index is -0.0560. The maximum atomic E-state index is 13.2. The number of nitrogens with one attached hydrogen (secondary N) is 1. The van der Waals surface area contributed by atoms with Crippen molar-refractivity contribution in [3.8, 4) is 28.5 Å². The summed E-state index contributed by atoms with van der Waals surface area (Å²) in [6, 6.07) is 15.2. The number of ether oxygens (including phenoxy) is 3. The Kier molecular flexibility index (Phi) is 5.61. The number of H-pyrrole nitrogens is 1. The first-order chi connectivity index (χ1) is 14.6. The van der Waals surface area contributed by atoms with E-state index in [2.05, 4.69) is 10.2 Å². The number of benzene rings is 2. The second kappa shape index (κ2) is 8.49. The molecule has 156 valence electrons. The largest absolute Gasteiger partial charge is 0.497 e. The second-order valence-electron chi connectivity index (χ2n) is 7.16. The van der Waals surface area contributed by atoms with Crippen molar-refractivity contribution in [1.29, 1.82) is 0 Å². The van der Waals surface area contributed by atoms with Gasteiger partial charge in [-0.2, -0.15) is 5.10 Å². The molecular formula is C23H25N3O4. The minimum absolute atomic E-state index is 0.0469. The Bertz CT molecular complexity index is 1030. The van der Waals surface area contributed by atoms with Gasteiger partial charge in [-0.15, -0.1) is 0 Å². The van der Waals surface area contributed by atoms with Gasteiger partial charge in [-0.05, 0) is 48.7 Å². The lowest BCUT2D eigenvalue weighted by Crippen LogP contribution is -2.30. The number of hydrogen-bond donors (Lipinski definition) is 1. The van der Waals surface area contributed by atoms with Gasteiger partial charge in [-0.1, -0.05) is 12.1 Å². The molecule has 3 aromatic rings. The number of aromatic amines is 1. The van der Waals surface area contributed by atoms with Crippen LogP contribution in [0.2, 0.25) is 0 Å². The van der Waals surface area contributed by atoms with Crippen LogP contribution in [0.5, 0.6) is 17.2 Å². The van der Waals surface area contributed by atoms with E-state index >= 15 is 0 Å². The zero-order chi connectivity index (χ0) is 21.1. The maximum absolute atomic E-state index is 13.2. The molecule has 0 unspecified atom stereocenters. The van der Waals surface area contributed by atoms with Gasteiger partial charge in [-0.25, -0.2) is 0 Å². The molecule has 1 aliphatic rings. The van der Waals surface area contributed by atoms with Gasteiger partial charge >= 0.3 is 0 Å². The number of hydrogen-bond acceptors (Lipinski definition) is 5. The summed E-state index contributed by atoms with van der Waals surface area (Å²) in [6.45, 7) is 0.718. The van der Waals surface area contributed by atoms with E-state index in [1.807, 2.05) is 41.3 Å². The lowest BCUT2D eigenvalue weighted by atomic mass is 10.0. The monoisotopic (exact) mass is 407 g/mol. The number of rotatable bonds is 6. The van der Waals surface area contributed by atoms with Crippen molar-refractivity contribution in [3.05, 3.63) is 59.8 Å². The fraction of sp³-hybridized carbons (Fsp3) is 0.304. The van der Waals surface area contributed by atoms with E-state index in [0.717, 1.165) is 36.3 Å². The first-order valence-corrected chi connectivity index (χ1v) is 9.87. The van der Waals surface area contributed by atoms with Crippen LogP contribution >= 0.6 is 0 Å². The highest BCUT2D eigenvalue weighted by Gasteiger charge is 2.31. The molecule has 0 bridgehead atoms. The van der Waals surface area contributed by atoms with Crippen LogP contribution in [0.15, 0.2) is 48.5 Å². The molecule has 4 rings (SSSR count). The number of nitrogens with zero attached hydrogens (tertiary/aromatic N) is 2. The molecule has 1 atom stereocenters. The lowest BCUT2D eigenvalue weighted by Gasteiger charge is -2.24. The van der Waals surface area contributed by atoms with Crippen molar-refractivity contribution in [3.63, 3.8) is 0 Å². The third-order valence-electron chi connectivity index (χ3n) is 5.51. The van der Waals surface area contributed by atoms with Gasteiger partial charge in [0.2, 0.25) is 0 Å². The first kappa shape index (κ1) is 19.8. The summed E-state index contributed by atoms with van der Waals surface area (Å²) < 4.78 is 16.0. The standard InChI is InChI=1S/C23H25N3O4/c1-28-16-8-6-15(7-9-16)21-5-4-12-26(21)23(27)20-14-19(24-25-20)18-11-10-17(29-2)13-22(18)30-3/h6-11,13-14,21H,4-5,12H2,1-3H3,(H,24,25)/t21-/m1/s1. The highest BCUT2D eigenvalue weighted by atomic mass is 16.5. The van der Waals surface area contributed by atoms with Crippen LogP contribution in [0.1, 0.15) is 34.9 Å². The molecule has 1 saturated heterocycles. The third kappa shape index (κ3) is 3.70. The minimum Gasteiger partial charge on any atom is -0.497 e. The van der Waals surface area contributed by atoms with Crippen molar-refractivity contribution in [2.75, 3.05) is 27.9 Å². The Morgan fingerprint density at radius 2 is 1.73 bits per heavy atom. The van der Waals surface area contributed by atoms with Crippen LogP contribution in [0, 0.1) is 0 Å². The van der Waals surface area contributed by atoms with Gasteiger partial charge in [0.05, 0.1) is 33.1 Å². The number of methoxy groups -OCH3 is 3. The normalized spacial score (nSPS) is 15.8. The van der Waals surface area contributed by atoms with E-state index in [0.29, 0.717) is 22.9 Å². The molecule has 1 aromatic heterocycles. The number of carbonyl (C=O) groups excluding carboxylic acids is 1. The van der Waals surface area contributed by atoms with E-state index in [1.165, 1.54) is 0 Å². The Morgan fingerprint density at radius 1 is 1.00 bits per heavy atom. The second-order valence-corrected chi connectivity index (χ2v) is 7.16. The number of aromatic nitrogens is 2. The average Bonchev–Trinajstić information content (AvgIpc) is 3.48. The summed E-state index contributed by atoms with van der Waals surface area (Å²) in [5.74, 6) is 2.08. The zero-order valence-corrected chi connectivity index (χ0v) is 17.3. The molecule has 2 heterocycles. The van der Waals surface area contributed by atoms with E-state index < -0.39 is 0 Å². The van der Waals surface area contributed by atoms with Crippen molar-refractivity contribution < 1.29 is 19.0 Å². The summed E-state index contributed by atoms with van der Waals surface area (Å²) in [7, 11) is 4.85. The van der Waals surface area contributed by atoms with Crippen LogP contribution in [0.25, 0.3) is 11.3 Å². The first-order valence-electron chi connectivity index (χ1n) is 9.87. The van der Waals surface area contributed by atoms with Crippen LogP contribution in [0.3, 0.4) is 0 Å². The van der Waals surface area contributed by atoms with Crippen LogP contribution in [0.4, 0.5) is 0 Å². The van der Waals surface area contributed by atoms with Crippen LogP contribution < -0.4 is 14.2 Å². The molecule has 30 heavy (non-hydrogen) atoms. The molecule has 7 heteroatoms. The topological polar surface area (TPSA) is 76.7 Å². The number of likely N-dealkylation sites (tertiary alicyclic amines) is 1. The summed E-state index contributed by atoms with van der Waals surface area (Å²) in [5.41, 5.74) is 3.02. The molecule has 2 aromatic carbocycles. The Hall–Kier alpha value is -3.48. The average molecular weight is 407 g/mol. The molecule has 0 spiro atoms. The predicted octanol–water partition coefficient (Wildman–Crippen LogP) is 4.08. The molecule has 0 radical (unpaired) electrons. The number of amides is 1. The SMILES string of the molecule is COc1ccc([C@H]2CCCN2C(=O)c2cc(-c3ccc(OC)cc3OC)n[nH]2)cc1. The smallest absolute Gasteiger partial charge is 0.272 e. The highest BCUT2D eigenvalue weighted by molar-refractivity contribution is 5.94. The predicted molar refractivity (Wildman–Crippen MR) is 113 cm³/mol. The Balaban J connectivity index is 1.57. The molecule has 0 saturated carbocycles. The van der Waals surface area contributed by atoms with Crippen molar-refractivity contribution >= 4 is 5.91 Å². The maximum Gasteiger partial charge on any atom is 0.272 e. The van der Waals surface area contributed by atoms with Gasteiger partial charge in [-0.3, -0.25) is 9.89 Å². The number of carbonyl (C=O) groups is 1. The Morgan fingerprint density at radius 3 is 2.43 bits per heavy atom. The summed E-state index contributed by atoms with van der Waals surface area (Å²) in [4.78, 5) is 15.1. The van der Waals surface area contributed by atoms with Crippen LogP contribution in [-0.4, -0.2) is 48.9 Å². The van der Waals surface area contributed by atoms with Crippen molar-refractivity contribution in [2.24, 2.45) is 0 Å². The fourth-order valence-electron chi connectivity index (χ4n) is 3.92. The molecular weight excluding hydrogens is 382 g/mol. The lowest BCUT2D eigenvalue weighted by molar-refractivity contribution is 0.0729. The van der Waals surface area contributed by atoms with E-state index in [1.54, 1.807) is 33.5 Å². The highest BCUT2D eigenvalue weighted by Crippen LogP contribution is 2.35. The van der Waals surface area contributed by atoms with E-state index in [9.17, 15) is 4.79 Å². The molecule has 1 aliphatic heterocycles. The quantitative estimate of drug-likeness (QED) is 0.666. The van der Waals surface area contributed by atoms with Crippen LogP contribution in [-0.2, 0) is 0 Å².